The smallest absolute Gasteiger partial charge is 0.308 e. The highest BCUT2D eigenvalue weighted by atomic mass is 16.5. The Kier molecular flexibility index (Phi) is 7.81. The summed E-state index contributed by atoms with van der Waals surface area (Å²) in [5, 5.41) is 3.23. The van der Waals surface area contributed by atoms with E-state index < -0.39 is 5.60 Å². The normalized spacial score (nSPS) is 26.4. The lowest BCUT2D eigenvalue weighted by molar-refractivity contribution is -0.149. The second-order valence-electron chi connectivity index (χ2n) is 9.89. The number of fused-ring (bicyclic) bond motifs is 1. The minimum atomic E-state index is -0.436. The Bertz CT molecular complexity index is 1140. The number of nitrogens with one attached hydrogen (secondary N) is 1. The van der Waals surface area contributed by atoms with E-state index in [4.69, 9.17) is 13.9 Å². The van der Waals surface area contributed by atoms with Crippen molar-refractivity contribution < 1.29 is 23.5 Å². The summed E-state index contributed by atoms with van der Waals surface area (Å²) in [5.41, 5.74) is 1.18. The highest BCUT2D eigenvalue weighted by Crippen LogP contribution is 2.53. The van der Waals surface area contributed by atoms with Gasteiger partial charge in [-0.1, -0.05) is 18.2 Å². The van der Waals surface area contributed by atoms with E-state index in [2.05, 4.69) is 22.9 Å². The van der Waals surface area contributed by atoms with Crippen molar-refractivity contribution in [3.05, 3.63) is 72.2 Å². The summed E-state index contributed by atoms with van der Waals surface area (Å²) in [6.45, 7) is 9.65. The van der Waals surface area contributed by atoms with Gasteiger partial charge in [-0.05, 0) is 69.0 Å². The van der Waals surface area contributed by atoms with Gasteiger partial charge in [-0.15, -0.1) is 6.58 Å². The molecular formula is C29H36N2O5. The van der Waals surface area contributed by atoms with E-state index >= 15 is 0 Å². The van der Waals surface area contributed by atoms with Crippen molar-refractivity contribution in [3.63, 3.8) is 0 Å². The molecule has 1 saturated carbocycles. The molecule has 0 bridgehead atoms. The van der Waals surface area contributed by atoms with Crippen LogP contribution < -0.4 is 10.1 Å². The maximum atomic E-state index is 12.8. The third-order valence-electron chi connectivity index (χ3n) is 7.78. The first-order chi connectivity index (χ1) is 17.3. The molecule has 2 heterocycles. The zero-order valence-corrected chi connectivity index (χ0v) is 21.4. The number of piperidine rings is 1. The van der Waals surface area contributed by atoms with Gasteiger partial charge in [0.25, 0.3) is 0 Å². The average molecular weight is 493 g/mol. The van der Waals surface area contributed by atoms with Crippen LogP contribution in [0.15, 0.2) is 59.7 Å². The molecule has 0 spiro atoms. The molecule has 1 saturated heterocycles. The Hall–Kier alpha value is -3.16. The number of nitrogens with zero attached hydrogens (tertiary/aromatic N) is 1. The van der Waals surface area contributed by atoms with Gasteiger partial charge < -0.3 is 19.2 Å². The van der Waals surface area contributed by atoms with Gasteiger partial charge >= 0.3 is 5.97 Å². The number of furan rings is 1. The summed E-state index contributed by atoms with van der Waals surface area (Å²) < 4.78 is 17.1. The van der Waals surface area contributed by atoms with E-state index in [1.165, 1.54) is 6.92 Å². The lowest BCUT2D eigenvalue weighted by Gasteiger charge is -2.59. The van der Waals surface area contributed by atoms with E-state index in [1.54, 1.807) is 31.6 Å². The van der Waals surface area contributed by atoms with Crippen molar-refractivity contribution in [1.82, 2.24) is 10.2 Å². The Morgan fingerprint density at radius 1 is 1.31 bits per heavy atom. The molecule has 7 nitrogen and oxygen atoms in total. The number of esters is 1. The molecule has 0 radical (unpaired) electrons. The SMILES string of the molecule is C=CCN1CC[C@@]2(c3cccc(OC(C)=O)c3)C[C@@H](NC(=O)/C=C/c3ccoc3C)CC[C@]2(OC)C1. The standard InChI is InChI=1S/C29H36N2O5/c1-5-15-31-16-14-28(24-7-6-8-26(18-24)36-22(3)32)19-25(11-13-29(28,20-31)34-4)30-27(33)10-9-23-12-17-35-21(23)2/h5-10,12,17-18,25H,1,11,13-16,19-20H2,2-4H3,(H,30,33)/b10-9+/t25-,28-,29-/m0/s1. The van der Waals surface area contributed by atoms with Crippen LogP contribution in [0.2, 0.25) is 0 Å². The van der Waals surface area contributed by atoms with Crippen molar-refractivity contribution in [2.45, 2.75) is 56.6 Å². The monoisotopic (exact) mass is 492 g/mol. The molecule has 192 valence electrons. The summed E-state index contributed by atoms with van der Waals surface area (Å²) in [4.78, 5) is 26.9. The molecule has 2 aliphatic rings. The van der Waals surface area contributed by atoms with Crippen LogP contribution in [0.5, 0.6) is 5.75 Å². The minimum Gasteiger partial charge on any atom is -0.469 e. The number of ether oxygens (including phenoxy) is 2. The lowest BCUT2D eigenvalue weighted by atomic mass is 9.55. The number of hydrogen-bond acceptors (Lipinski definition) is 6. The van der Waals surface area contributed by atoms with Gasteiger partial charge in [0, 0.05) is 50.2 Å². The predicted molar refractivity (Wildman–Crippen MR) is 139 cm³/mol. The van der Waals surface area contributed by atoms with E-state index in [0.29, 0.717) is 5.75 Å². The van der Waals surface area contributed by atoms with Crippen LogP contribution in [0.25, 0.3) is 6.08 Å². The Morgan fingerprint density at radius 2 is 2.14 bits per heavy atom. The van der Waals surface area contributed by atoms with E-state index in [0.717, 1.165) is 62.2 Å². The summed E-state index contributed by atoms with van der Waals surface area (Å²) in [7, 11) is 1.79. The molecule has 36 heavy (non-hydrogen) atoms. The summed E-state index contributed by atoms with van der Waals surface area (Å²) in [5.74, 6) is 0.826. The van der Waals surface area contributed by atoms with Gasteiger partial charge in [0.15, 0.2) is 0 Å². The second kappa shape index (κ2) is 10.8. The number of hydrogen-bond donors (Lipinski definition) is 1. The molecule has 1 aliphatic carbocycles. The largest absolute Gasteiger partial charge is 0.469 e. The maximum Gasteiger partial charge on any atom is 0.308 e. The second-order valence-corrected chi connectivity index (χ2v) is 9.89. The Morgan fingerprint density at radius 3 is 2.83 bits per heavy atom. The maximum absolute atomic E-state index is 12.8. The van der Waals surface area contributed by atoms with Gasteiger partial charge in [-0.25, -0.2) is 0 Å². The fourth-order valence-corrected chi connectivity index (χ4v) is 6.06. The van der Waals surface area contributed by atoms with E-state index in [1.807, 2.05) is 31.2 Å². The number of methoxy groups -OCH3 is 1. The van der Waals surface area contributed by atoms with Crippen LogP contribution in [0, 0.1) is 6.92 Å². The molecule has 1 aromatic carbocycles. The molecule has 4 rings (SSSR count). The van der Waals surface area contributed by atoms with Crippen LogP contribution in [0.1, 0.15) is 49.5 Å². The van der Waals surface area contributed by atoms with Crippen LogP contribution in [-0.2, 0) is 19.7 Å². The average Bonchev–Trinajstić information content (AvgIpc) is 3.27. The first-order valence-electron chi connectivity index (χ1n) is 12.5. The number of aryl methyl sites for hydroxylation is 1. The van der Waals surface area contributed by atoms with Crippen molar-refractivity contribution >= 4 is 18.0 Å². The van der Waals surface area contributed by atoms with Crippen molar-refractivity contribution in [2.75, 3.05) is 26.7 Å². The molecule has 0 unspecified atom stereocenters. The number of amides is 1. The molecule has 1 aromatic heterocycles. The van der Waals surface area contributed by atoms with Gasteiger partial charge in [-0.2, -0.15) is 0 Å². The van der Waals surface area contributed by atoms with Crippen molar-refractivity contribution in [1.29, 1.82) is 0 Å². The highest BCUT2D eigenvalue weighted by molar-refractivity contribution is 5.92. The quantitative estimate of drug-likeness (QED) is 0.254. The summed E-state index contributed by atoms with van der Waals surface area (Å²) >= 11 is 0. The first-order valence-corrected chi connectivity index (χ1v) is 12.5. The van der Waals surface area contributed by atoms with Crippen molar-refractivity contribution in [3.8, 4) is 5.75 Å². The van der Waals surface area contributed by atoms with Crippen LogP contribution in [-0.4, -0.2) is 55.2 Å². The minimum absolute atomic E-state index is 0.0146. The Labute approximate surface area is 213 Å². The zero-order valence-electron chi connectivity index (χ0n) is 21.4. The molecule has 1 aliphatic heterocycles. The van der Waals surface area contributed by atoms with Crippen LogP contribution in [0.3, 0.4) is 0 Å². The van der Waals surface area contributed by atoms with E-state index in [-0.39, 0.29) is 23.3 Å². The number of likely N-dealkylation sites (tertiary alicyclic amines) is 1. The molecule has 3 atom stereocenters. The molecule has 1 amide bonds. The number of carbonyl (C=O) groups is 2. The van der Waals surface area contributed by atoms with Crippen LogP contribution >= 0.6 is 0 Å². The number of carbonyl (C=O) groups excluding carboxylic acids is 2. The van der Waals surface area contributed by atoms with Gasteiger partial charge in [0.05, 0.1) is 11.9 Å². The molecule has 1 N–H and O–H groups in total. The molecule has 7 heteroatoms. The first kappa shape index (κ1) is 25.9. The van der Waals surface area contributed by atoms with E-state index in [9.17, 15) is 9.59 Å². The lowest BCUT2D eigenvalue weighted by Crippen LogP contribution is -2.67. The molecule has 2 fully saturated rings. The van der Waals surface area contributed by atoms with Gasteiger partial charge in [0.2, 0.25) is 5.91 Å². The third kappa shape index (κ3) is 5.18. The van der Waals surface area contributed by atoms with Gasteiger partial charge in [-0.3, -0.25) is 14.5 Å². The Balaban J connectivity index is 1.63. The molecular weight excluding hydrogens is 456 g/mol. The highest BCUT2D eigenvalue weighted by Gasteiger charge is 2.58. The fraction of sp³-hybridized carbons (Fsp3) is 0.448. The van der Waals surface area contributed by atoms with Crippen LogP contribution in [0.4, 0.5) is 0 Å². The third-order valence-corrected chi connectivity index (χ3v) is 7.78. The molecule has 2 aromatic rings. The topological polar surface area (TPSA) is 81.0 Å². The fourth-order valence-electron chi connectivity index (χ4n) is 6.06. The number of rotatable bonds is 8. The summed E-state index contributed by atoms with van der Waals surface area (Å²) in [6, 6.07) is 9.61. The zero-order chi connectivity index (χ0) is 25.8. The summed E-state index contributed by atoms with van der Waals surface area (Å²) in [6.07, 6.45) is 10.1. The number of benzene rings is 1. The predicted octanol–water partition coefficient (Wildman–Crippen LogP) is 4.41. The van der Waals surface area contributed by atoms with Gasteiger partial charge in [0.1, 0.15) is 11.5 Å². The van der Waals surface area contributed by atoms with Crippen molar-refractivity contribution in [2.24, 2.45) is 0 Å².